The van der Waals surface area contributed by atoms with E-state index in [0.29, 0.717) is 37.9 Å². The van der Waals surface area contributed by atoms with Crippen LogP contribution in [0.2, 0.25) is 5.15 Å². The molecule has 124 valence electrons. The van der Waals surface area contributed by atoms with Gasteiger partial charge in [-0.3, -0.25) is 10.1 Å². The molecule has 0 aromatic carbocycles. The Balaban J connectivity index is 1.86. The van der Waals surface area contributed by atoms with Crippen LogP contribution in [-0.4, -0.2) is 28.0 Å². The lowest BCUT2D eigenvalue weighted by molar-refractivity contribution is 0.102. The van der Waals surface area contributed by atoms with Crippen molar-refractivity contribution in [3.8, 4) is 23.2 Å². The van der Waals surface area contributed by atoms with Gasteiger partial charge in [0.1, 0.15) is 21.8 Å². The number of aromatic nitrogens is 3. The molecule has 0 saturated carbocycles. The molecule has 0 atom stereocenters. The molecule has 25 heavy (non-hydrogen) atoms. The number of halogens is 1. The maximum absolute atomic E-state index is 12.2. The highest BCUT2D eigenvalue weighted by atomic mass is 35.5. The zero-order valence-electron chi connectivity index (χ0n) is 12.9. The van der Waals surface area contributed by atoms with Gasteiger partial charge in [-0.2, -0.15) is 5.26 Å². The molecule has 3 aromatic heterocycles. The Labute approximate surface area is 151 Å². The number of hydrogen-bond donors (Lipinski definition) is 1. The number of methoxy groups -OCH3 is 1. The predicted octanol–water partition coefficient (Wildman–Crippen LogP) is 3.39. The van der Waals surface area contributed by atoms with Crippen molar-refractivity contribution in [3.63, 3.8) is 0 Å². The van der Waals surface area contributed by atoms with E-state index in [2.05, 4.69) is 26.3 Å². The average Bonchev–Trinajstić information content (AvgIpc) is 3.05. The van der Waals surface area contributed by atoms with Gasteiger partial charge in [0, 0.05) is 24.0 Å². The summed E-state index contributed by atoms with van der Waals surface area (Å²) in [5, 5.41) is 12.6. The maximum Gasteiger partial charge on any atom is 0.259 e. The molecular formula is C16H10ClN5O2S. The number of thiazole rings is 1. The molecule has 0 fully saturated rings. The fourth-order valence-corrected chi connectivity index (χ4v) is 2.86. The molecule has 3 aromatic rings. The van der Waals surface area contributed by atoms with Gasteiger partial charge in [0.05, 0.1) is 12.7 Å². The molecule has 1 N–H and O–H groups in total. The van der Waals surface area contributed by atoms with Crippen molar-refractivity contribution >= 4 is 34.0 Å². The van der Waals surface area contributed by atoms with Gasteiger partial charge in [0.15, 0.2) is 5.13 Å². The van der Waals surface area contributed by atoms with Gasteiger partial charge in [-0.25, -0.2) is 15.0 Å². The standard InChI is InChI=1S/C16H10ClN5O2S/c1-24-13-5-3-9(7-20-13)14-11(6-18)25-16(21-14)22-15(23)10-2-4-12(17)19-8-10/h2-5,7-8H,1H3,(H,21,22,23). The second kappa shape index (κ2) is 7.25. The van der Waals surface area contributed by atoms with Crippen molar-refractivity contribution in [2.75, 3.05) is 12.4 Å². The summed E-state index contributed by atoms with van der Waals surface area (Å²) in [5.74, 6) is 0.0723. The fourth-order valence-electron chi connectivity index (χ4n) is 1.97. The van der Waals surface area contributed by atoms with E-state index in [1.165, 1.54) is 19.4 Å². The van der Waals surface area contributed by atoms with Gasteiger partial charge in [-0.05, 0) is 18.2 Å². The van der Waals surface area contributed by atoms with Crippen molar-refractivity contribution in [1.29, 1.82) is 5.26 Å². The van der Waals surface area contributed by atoms with Crippen LogP contribution < -0.4 is 10.1 Å². The Bertz CT molecular complexity index is 948. The second-order valence-corrected chi connectivity index (χ2v) is 6.11. The van der Waals surface area contributed by atoms with Crippen LogP contribution in [0.4, 0.5) is 5.13 Å². The molecule has 0 saturated heterocycles. The van der Waals surface area contributed by atoms with Gasteiger partial charge in [-0.15, -0.1) is 0 Å². The monoisotopic (exact) mass is 371 g/mol. The minimum atomic E-state index is -0.387. The summed E-state index contributed by atoms with van der Waals surface area (Å²) in [7, 11) is 1.52. The molecule has 0 radical (unpaired) electrons. The molecule has 7 nitrogen and oxygen atoms in total. The van der Waals surface area contributed by atoms with E-state index >= 15 is 0 Å². The summed E-state index contributed by atoms with van der Waals surface area (Å²) in [4.78, 5) is 24.9. The number of nitrogens with zero attached hydrogens (tertiary/aromatic N) is 4. The Morgan fingerprint density at radius 1 is 1.28 bits per heavy atom. The van der Waals surface area contributed by atoms with Crippen molar-refractivity contribution < 1.29 is 9.53 Å². The number of pyridine rings is 2. The first-order valence-corrected chi connectivity index (χ1v) is 8.14. The van der Waals surface area contributed by atoms with Crippen LogP contribution in [0.25, 0.3) is 11.3 Å². The van der Waals surface area contributed by atoms with Gasteiger partial charge in [0.2, 0.25) is 5.88 Å². The Kier molecular flexibility index (Phi) is 4.88. The number of hydrogen-bond acceptors (Lipinski definition) is 7. The molecule has 0 bridgehead atoms. The SMILES string of the molecule is COc1ccc(-c2nc(NC(=O)c3ccc(Cl)nc3)sc2C#N)cn1. The Morgan fingerprint density at radius 2 is 2.12 bits per heavy atom. The number of nitrogens with one attached hydrogen (secondary N) is 1. The number of carbonyl (C=O) groups is 1. The average molecular weight is 372 g/mol. The summed E-state index contributed by atoms with van der Waals surface area (Å²) in [6.07, 6.45) is 2.92. The van der Waals surface area contributed by atoms with Crippen LogP contribution in [-0.2, 0) is 0 Å². The summed E-state index contributed by atoms with van der Waals surface area (Å²) >= 11 is 6.79. The van der Waals surface area contributed by atoms with Crippen LogP contribution in [0.15, 0.2) is 36.7 Å². The quantitative estimate of drug-likeness (QED) is 0.705. The first kappa shape index (κ1) is 16.8. The van der Waals surface area contributed by atoms with E-state index < -0.39 is 0 Å². The van der Waals surface area contributed by atoms with E-state index in [-0.39, 0.29) is 5.91 Å². The van der Waals surface area contributed by atoms with Crippen LogP contribution >= 0.6 is 22.9 Å². The number of carbonyl (C=O) groups excluding carboxylic acids is 1. The third-order valence-electron chi connectivity index (χ3n) is 3.16. The first-order chi connectivity index (χ1) is 12.1. The van der Waals surface area contributed by atoms with Crippen LogP contribution in [0.1, 0.15) is 15.2 Å². The third-order valence-corrected chi connectivity index (χ3v) is 4.26. The molecule has 9 heteroatoms. The number of anilines is 1. The number of ether oxygens (including phenoxy) is 1. The smallest absolute Gasteiger partial charge is 0.259 e. The molecule has 0 aliphatic rings. The topological polar surface area (TPSA) is 101 Å². The van der Waals surface area contributed by atoms with Gasteiger partial charge in [-0.1, -0.05) is 22.9 Å². The predicted molar refractivity (Wildman–Crippen MR) is 93.8 cm³/mol. The largest absolute Gasteiger partial charge is 0.481 e. The van der Waals surface area contributed by atoms with Crippen molar-refractivity contribution in [2.45, 2.75) is 0 Å². The van der Waals surface area contributed by atoms with Crippen molar-refractivity contribution in [1.82, 2.24) is 15.0 Å². The highest BCUT2D eigenvalue weighted by Crippen LogP contribution is 2.31. The minimum Gasteiger partial charge on any atom is -0.481 e. The van der Waals surface area contributed by atoms with Gasteiger partial charge >= 0.3 is 0 Å². The lowest BCUT2D eigenvalue weighted by atomic mass is 10.2. The normalized spacial score (nSPS) is 10.1. The van der Waals surface area contributed by atoms with Gasteiger partial charge in [0.25, 0.3) is 5.91 Å². The molecule has 0 aliphatic heterocycles. The Hall–Kier alpha value is -3.02. The molecule has 0 unspecified atom stereocenters. The number of nitriles is 1. The number of amides is 1. The zero-order chi connectivity index (χ0) is 17.8. The maximum atomic E-state index is 12.2. The van der Waals surface area contributed by atoms with Gasteiger partial charge < -0.3 is 4.74 Å². The first-order valence-electron chi connectivity index (χ1n) is 6.95. The minimum absolute atomic E-state index is 0.298. The highest BCUT2D eigenvalue weighted by Gasteiger charge is 2.16. The van der Waals surface area contributed by atoms with Crippen molar-refractivity contribution in [2.24, 2.45) is 0 Å². The van der Waals surface area contributed by atoms with Crippen molar-refractivity contribution in [3.05, 3.63) is 52.3 Å². The number of rotatable bonds is 4. The van der Waals surface area contributed by atoms with Crippen LogP contribution in [0.5, 0.6) is 5.88 Å². The lowest BCUT2D eigenvalue weighted by Gasteiger charge is -2.01. The fraction of sp³-hybridized carbons (Fsp3) is 0.0625. The lowest BCUT2D eigenvalue weighted by Crippen LogP contribution is -2.11. The van der Waals surface area contributed by atoms with E-state index in [0.717, 1.165) is 11.3 Å². The summed E-state index contributed by atoms with van der Waals surface area (Å²) in [6.45, 7) is 0. The van der Waals surface area contributed by atoms with E-state index in [1.54, 1.807) is 24.4 Å². The molecule has 1 amide bonds. The molecule has 3 rings (SSSR count). The third kappa shape index (κ3) is 3.74. The molecule has 3 heterocycles. The molecule has 0 aliphatic carbocycles. The zero-order valence-corrected chi connectivity index (χ0v) is 14.4. The second-order valence-electron chi connectivity index (χ2n) is 4.72. The molecular weight excluding hydrogens is 362 g/mol. The summed E-state index contributed by atoms with van der Waals surface area (Å²) in [6, 6.07) is 8.57. The van der Waals surface area contributed by atoms with E-state index in [4.69, 9.17) is 16.3 Å². The van der Waals surface area contributed by atoms with Crippen LogP contribution in [0, 0.1) is 11.3 Å². The van der Waals surface area contributed by atoms with E-state index in [1.807, 2.05) is 0 Å². The van der Waals surface area contributed by atoms with Crippen LogP contribution in [0.3, 0.4) is 0 Å². The Morgan fingerprint density at radius 3 is 2.72 bits per heavy atom. The molecule has 0 spiro atoms. The summed E-state index contributed by atoms with van der Waals surface area (Å²) < 4.78 is 5.01. The summed E-state index contributed by atoms with van der Waals surface area (Å²) in [5.41, 5.74) is 1.44. The highest BCUT2D eigenvalue weighted by molar-refractivity contribution is 7.16. The van der Waals surface area contributed by atoms with E-state index in [9.17, 15) is 10.1 Å².